The lowest BCUT2D eigenvalue weighted by Gasteiger charge is -2.32. The number of likely N-dealkylation sites (tertiary alicyclic amines) is 1. The van der Waals surface area contributed by atoms with Crippen LogP contribution < -0.4 is 10.1 Å². The van der Waals surface area contributed by atoms with Crippen LogP contribution in [0.5, 0.6) is 5.75 Å². The third-order valence-corrected chi connectivity index (χ3v) is 5.50. The Labute approximate surface area is 160 Å². The van der Waals surface area contributed by atoms with Crippen LogP contribution in [-0.2, 0) is 25.0 Å². The van der Waals surface area contributed by atoms with Gasteiger partial charge in [0.05, 0.1) is 0 Å². The molecule has 6 nitrogen and oxygen atoms in total. The predicted octanol–water partition coefficient (Wildman–Crippen LogP) is 2.49. The summed E-state index contributed by atoms with van der Waals surface area (Å²) in [5.41, 5.74) is 1.29. The number of nitrogens with one attached hydrogen (secondary N) is 1. The zero-order valence-electron chi connectivity index (χ0n) is 15.9. The number of carbonyl (C=O) groups excluding carboxylic acids is 1. The number of aryl methyl sites for hydroxylation is 1. The Morgan fingerprint density at radius 1 is 1.19 bits per heavy atom. The molecule has 6 heteroatoms. The van der Waals surface area contributed by atoms with Gasteiger partial charge in [-0.3, -0.25) is 9.69 Å². The first kappa shape index (κ1) is 18.0. The molecule has 2 aliphatic rings. The fraction of sp³-hybridized carbons (Fsp3) is 0.524. The topological polar surface area (TPSA) is 59.4 Å². The van der Waals surface area contributed by atoms with Crippen molar-refractivity contribution in [2.24, 2.45) is 13.0 Å². The quantitative estimate of drug-likeness (QED) is 0.816. The molecule has 0 atom stereocenters. The normalized spacial score (nSPS) is 18.4. The van der Waals surface area contributed by atoms with Gasteiger partial charge in [-0.25, -0.2) is 4.98 Å². The number of nitrogens with zero attached hydrogens (tertiary/aromatic N) is 3. The van der Waals surface area contributed by atoms with E-state index in [0.29, 0.717) is 18.6 Å². The Balaban J connectivity index is 1.20. The van der Waals surface area contributed by atoms with E-state index in [0.717, 1.165) is 56.9 Å². The van der Waals surface area contributed by atoms with E-state index in [4.69, 9.17) is 4.74 Å². The smallest absolute Gasteiger partial charge is 0.223 e. The van der Waals surface area contributed by atoms with Gasteiger partial charge in [0.15, 0.2) is 0 Å². The third-order valence-electron chi connectivity index (χ3n) is 5.50. The molecule has 1 aromatic heterocycles. The summed E-state index contributed by atoms with van der Waals surface area (Å²) in [7, 11) is 1.97. The molecule has 0 unspecified atom stereocenters. The van der Waals surface area contributed by atoms with Crippen LogP contribution in [-0.4, -0.2) is 39.5 Å². The largest absolute Gasteiger partial charge is 0.486 e. The Morgan fingerprint density at radius 3 is 2.56 bits per heavy atom. The summed E-state index contributed by atoms with van der Waals surface area (Å²) in [6, 6.07) is 8.68. The number of imidazole rings is 1. The maximum Gasteiger partial charge on any atom is 0.223 e. The summed E-state index contributed by atoms with van der Waals surface area (Å²) >= 11 is 0. The minimum absolute atomic E-state index is 0.273. The molecule has 1 amide bonds. The highest BCUT2D eigenvalue weighted by molar-refractivity contribution is 5.81. The van der Waals surface area contributed by atoms with Gasteiger partial charge in [0.2, 0.25) is 5.91 Å². The first-order chi connectivity index (χ1) is 13.2. The molecule has 4 rings (SSSR count). The van der Waals surface area contributed by atoms with E-state index >= 15 is 0 Å². The Bertz CT molecular complexity index is 759. The standard InChI is InChI=1S/C21H28N4O2/c1-24-13-10-22-20(24)15-27-19-6-2-16(3-7-19)14-25-11-8-18(9-12-25)23-21(26)17-4-5-17/h2-3,6-7,10,13,17-18H,4-5,8-9,11-12,14-15H2,1H3,(H,23,26). The lowest BCUT2D eigenvalue weighted by Crippen LogP contribution is -2.44. The monoisotopic (exact) mass is 368 g/mol. The molecule has 0 bridgehead atoms. The van der Waals surface area contributed by atoms with Crippen molar-refractivity contribution in [2.75, 3.05) is 13.1 Å². The zero-order chi connectivity index (χ0) is 18.6. The van der Waals surface area contributed by atoms with Crippen molar-refractivity contribution in [1.82, 2.24) is 19.8 Å². The van der Waals surface area contributed by atoms with E-state index in [2.05, 4.69) is 27.3 Å². The minimum atomic E-state index is 0.273. The second-order valence-corrected chi connectivity index (χ2v) is 7.72. The van der Waals surface area contributed by atoms with Gasteiger partial charge in [0.1, 0.15) is 18.2 Å². The Hall–Kier alpha value is -2.34. The number of aromatic nitrogens is 2. The summed E-state index contributed by atoms with van der Waals surface area (Å²) < 4.78 is 7.78. The number of ether oxygens (including phenoxy) is 1. The lowest BCUT2D eigenvalue weighted by molar-refractivity contribution is -0.123. The Morgan fingerprint density at radius 2 is 1.93 bits per heavy atom. The number of benzene rings is 1. The van der Waals surface area contributed by atoms with Crippen molar-refractivity contribution in [3.63, 3.8) is 0 Å². The van der Waals surface area contributed by atoms with Gasteiger partial charge in [-0.1, -0.05) is 12.1 Å². The summed E-state index contributed by atoms with van der Waals surface area (Å²) in [6.45, 7) is 3.49. The molecule has 144 valence electrons. The molecule has 0 spiro atoms. The van der Waals surface area contributed by atoms with Gasteiger partial charge in [-0.05, 0) is 43.4 Å². The summed E-state index contributed by atoms with van der Waals surface area (Å²) in [5.74, 6) is 2.36. The molecule has 1 aliphatic heterocycles. The molecule has 1 saturated heterocycles. The highest BCUT2D eigenvalue weighted by atomic mass is 16.5. The molecule has 2 aromatic rings. The summed E-state index contributed by atoms with van der Waals surface area (Å²) in [4.78, 5) is 18.6. The van der Waals surface area contributed by atoms with Crippen molar-refractivity contribution in [1.29, 1.82) is 0 Å². The van der Waals surface area contributed by atoms with E-state index in [-0.39, 0.29) is 5.91 Å². The number of piperidine rings is 1. The van der Waals surface area contributed by atoms with Gasteiger partial charge in [-0.15, -0.1) is 0 Å². The molecule has 2 heterocycles. The van der Waals surface area contributed by atoms with E-state index < -0.39 is 0 Å². The molecular formula is C21H28N4O2. The molecule has 1 aromatic carbocycles. The second kappa shape index (κ2) is 8.13. The average molecular weight is 368 g/mol. The molecule has 0 radical (unpaired) electrons. The van der Waals surface area contributed by atoms with Crippen LogP contribution in [0.2, 0.25) is 0 Å². The Kier molecular flexibility index (Phi) is 5.43. The minimum Gasteiger partial charge on any atom is -0.486 e. The van der Waals surface area contributed by atoms with Crippen LogP contribution in [0.3, 0.4) is 0 Å². The summed E-state index contributed by atoms with van der Waals surface area (Å²) in [5, 5.41) is 3.21. The zero-order valence-corrected chi connectivity index (χ0v) is 15.9. The van der Waals surface area contributed by atoms with Crippen LogP contribution in [0.15, 0.2) is 36.7 Å². The molecule has 1 aliphatic carbocycles. The van der Waals surface area contributed by atoms with Gasteiger partial charge in [-0.2, -0.15) is 0 Å². The average Bonchev–Trinajstić information content (AvgIpc) is 3.46. The van der Waals surface area contributed by atoms with Crippen molar-refractivity contribution >= 4 is 5.91 Å². The maximum absolute atomic E-state index is 11.9. The molecular weight excluding hydrogens is 340 g/mol. The van der Waals surface area contributed by atoms with Crippen LogP contribution in [0, 0.1) is 5.92 Å². The van der Waals surface area contributed by atoms with Crippen LogP contribution in [0.1, 0.15) is 37.1 Å². The van der Waals surface area contributed by atoms with E-state index in [9.17, 15) is 4.79 Å². The maximum atomic E-state index is 11.9. The molecule has 1 N–H and O–H groups in total. The number of hydrogen-bond donors (Lipinski definition) is 1. The number of rotatable bonds is 7. The predicted molar refractivity (Wildman–Crippen MR) is 103 cm³/mol. The second-order valence-electron chi connectivity index (χ2n) is 7.72. The van der Waals surface area contributed by atoms with Crippen molar-refractivity contribution in [3.05, 3.63) is 48.0 Å². The molecule has 1 saturated carbocycles. The fourth-order valence-electron chi connectivity index (χ4n) is 3.53. The van der Waals surface area contributed by atoms with Gasteiger partial charge in [0, 0.05) is 51.0 Å². The highest BCUT2D eigenvalue weighted by Crippen LogP contribution is 2.29. The lowest BCUT2D eigenvalue weighted by atomic mass is 10.0. The van der Waals surface area contributed by atoms with Gasteiger partial charge in [0.25, 0.3) is 0 Å². The summed E-state index contributed by atoms with van der Waals surface area (Å²) in [6.07, 6.45) is 7.94. The number of carbonyl (C=O) groups is 1. The highest BCUT2D eigenvalue weighted by Gasteiger charge is 2.31. The van der Waals surface area contributed by atoms with Crippen LogP contribution in [0.25, 0.3) is 0 Å². The van der Waals surface area contributed by atoms with Crippen molar-refractivity contribution in [3.8, 4) is 5.75 Å². The SMILES string of the molecule is Cn1ccnc1COc1ccc(CN2CCC(NC(=O)C3CC3)CC2)cc1. The van der Waals surface area contributed by atoms with Crippen molar-refractivity contribution < 1.29 is 9.53 Å². The molecule has 2 fully saturated rings. The van der Waals surface area contributed by atoms with Crippen LogP contribution >= 0.6 is 0 Å². The first-order valence-electron chi connectivity index (χ1n) is 9.88. The van der Waals surface area contributed by atoms with E-state index in [1.165, 1.54) is 5.56 Å². The van der Waals surface area contributed by atoms with Crippen LogP contribution in [0.4, 0.5) is 0 Å². The van der Waals surface area contributed by atoms with E-state index in [1.54, 1.807) is 6.20 Å². The first-order valence-corrected chi connectivity index (χ1v) is 9.88. The fourth-order valence-corrected chi connectivity index (χ4v) is 3.53. The number of hydrogen-bond acceptors (Lipinski definition) is 4. The van der Waals surface area contributed by atoms with Gasteiger partial charge < -0.3 is 14.6 Å². The van der Waals surface area contributed by atoms with Gasteiger partial charge >= 0.3 is 0 Å². The van der Waals surface area contributed by atoms with E-state index in [1.807, 2.05) is 29.9 Å². The number of amides is 1. The van der Waals surface area contributed by atoms with Crippen molar-refractivity contribution in [2.45, 2.75) is 44.9 Å². The molecule has 27 heavy (non-hydrogen) atoms. The third kappa shape index (κ3) is 4.89.